The van der Waals surface area contributed by atoms with Gasteiger partial charge in [-0.25, -0.2) is 4.79 Å². The van der Waals surface area contributed by atoms with Crippen LogP contribution < -0.4 is 5.36 Å². The van der Waals surface area contributed by atoms with Gasteiger partial charge in [-0.15, -0.1) is 0 Å². The van der Waals surface area contributed by atoms with Crippen LogP contribution in [0.1, 0.15) is 22.8 Å². The van der Waals surface area contributed by atoms with E-state index in [0.29, 0.717) is 16.7 Å². The first-order chi connectivity index (χ1) is 13.1. The zero-order chi connectivity index (χ0) is 19.0. The molecular weight excluding hydrogens is 338 g/mol. The molecule has 0 saturated carbocycles. The van der Waals surface area contributed by atoms with E-state index in [2.05, 4.69) is 13.0 Å². The third-order valence-corrected chi connectivity index (χ3v) is 4.80. The number of carbonyl (C=O) groups excluding carboxylic acids is 1. The van der Waals surface area contributed by atoms with Gasteiger partial charge in [-0.1, -0.05) is 37.3 Å². The molecule has 0 bridgehead atoms. The van der Waals surface area contributed by atoms with Gasteiger partial charge in [0.05, 0.1) is 18.0 Å². The maximum absolute atomic E-state index is 12.4. The van der Waals surface area contributed by atoms with E-state index >= 15 is 0 Å². The fourth-order valence-electron chi connectivity index (χ4n) is 3.43. The van der Waals surface area contributed by atoms with E-state index in [1.54, 1.807) is 18.2 Å². The van der Waals surface area contributed by atoms with Crippen molar-refractivity contribution in [2.45, 2.75) is 13.3 Å². The van der Waals surface area contributed by atoms with Crippen LogP contribution in [0.15, 0.2) is 65.1 Å². The molecule has 1 N–H and O–H groups in total. The van der Waals surface area contributed by atoms with Gasteiger partial charge in [-0.3, -0.25) is 0 Å². The van der Waals surface area contributed by atoms with Gasteiger partial charge in [0.1, 0.15) is 11.3 Å². The number of aryl methyl sites for hydroxylation is 1. The fraction of sp³-hybridized carbons (Fsp3) is 0.130. The molecule has 2 aliphatic rings. The number of ether oxygens (including phenoxy) is 1. The number of methoxy groups -OCH3 is 1. The Morgan fingerprint density at radius 3 is 2.63 bits per heavy atom. The molecule has 27 heavy (non-hydrogen) atoms. The summed E-state index contributed by atoms with van der Waals surface area (Å²) in [5.74, 6) is 0.243. The van der Waals surface area contributed by atoms with Crippen LogP contribution in [-0.2, 0) is 11.2 Å². The smallest absolute Gasteiger partial charge is 0.338 e. The van der Waals surface area contributed by atoms with Crippen molar-refractivity contribution in [2.24, 2.45) is 0 Å². The van der Waals surface area contributed by atoms with Crippen LogP contribution in [0, 0.1) is 5.41 Å². The van der Waals surface area contributed by atoms with Gasteiger partial charge < -0.3 is 14.6 Å². The van der Waals surface area contributed by atoms with E-state index in [9.17, 15) is 4.79 Å². The molecule has 134 valence electrons. The molecule has 4 rings (SSSR count). The van der Waals surface area contributed by atoms with Gasteiger partial charge in [0.25, 0.3) is 0 Å². The minimum absolute atomic E-state index is 0.379. The Kier molecular flexibility index (Phi) is 4.24. The summed E-state index contributed by atoms with van der Waals surface area (Å²) in [7, 11) is 1.38. The average molecular weight is 357 g/mol. The van der Waals surface area contributed by atoms with Crippen LogP contribution in [-0.4, -0.2) is 13.1 Å². The summed E-state index contributed by atoms with van der Waals surface area (Å²) in [5.41, 5.74) is 4.97. The third-order valence-electron chi connectivity index (χ3n) is 4.80. The number of rotatable bonds is 3. The first kappa shape index (κ1) is 17.0. The first-order valence-corrected chi connectivity index (χ1v) is 8.84. The summed E-state index contributed by atoms with van der Waals surface area (Å²) < 4.78 is 11.1. The van der Waals surface area contributed by atoms with E-state index in [4.69, 9.17) is 14.6 Å². The zero-order valence-electron chi connectivity index (χ0n) is 15.2. The highest BCUT2D eigenvalue weighted by atomic mass is 16.5. The van der Waals surface area contributed by atoms with Crippen LogP contribution in [0.2, 0.25) is 0 Å². The molecule has 0 saturated heterocycles. The number of hydrogen-bond donors (Lipinski definition) is 1. The molecule has 1 aliphatic carbocycles. The molecule has 0 aromatic heterocycles. The van der Waals surface area contributed by atoms with Gasteiger partial charge in [0.2, 0.25) is 0 Å². The van der Waals surface area contributed by atoms with Crippen molar-refractivity contribution in [2.75, 3.05) is 7.11 Å². The average Bonchev–Trinajstić information content (AvgIpc) is 2.70. The number of nitrogens with one attached hydrogen (secondary N) is 1. The highest BCUT2D eigenvalue weighted by molar-refractivity contribution is 6.07. The lowest BCUT2D eigenvalue weighted by Gasteiger charge is -2.17. The molecule has 4 heteroatoms. The Balaban J connectivity index is 2.16. The second-order valence-electron chi connectivity index (χ2n) is 6.41. The number of fused-ring (bicyclic) bond motifs is 2. The predicted octanol–water partition coefficient (Wildman–Crippen LogP) is 5.03. The van der Waals surface area contributed by atoms with E-state index in [1.165, 1.54) is 12.7 Å². The van der Waals surface area contributed by atoms with Crippen LogP contribution in [0.25, 0.3) is 33.4 Å². The Labute approximate surface area is 156 Å². The normalized spacial score (nSPS) is 11.0. The van der Waals surface area contributed by atoms with Crippen molar-refractivity contribution in [3.05, 3.63) is 77.1 Å². The van der Waals surface area contributed by atoms with Crippen molar-refractivity contribution in [3.8, 4) is 22.5 Å². The quantitative estimate of drug-likeness (QED) is 0.413. The lowest BCUT2D eigenvalue weighted by Crippen LogP contribution is -2.05. The summed E-state index contributed by atoms with van der Waals surface area (Å²) in [6.45, 7) is 2.09. The minimum Gasteiger partial charge on any atom is -0.465 e. The van der Waals surface area contributed by atoms with Gasteiger partial charge in [-0.05, 0) is 41.8 Å². The molecule has 0 amide bonds. The molecule has 0 radical (unpaired) electrons. The maximum atomic E-state index is 12.4. The summed E-state index contributed by atoms with van der Waals surface area (Å²) in [6, 6.07) is 18.9. The first-order valence-electron chi connectivity index (χ1n) is 8.84. The molecule has 4 nitrogen and oxygen atoms in total. The highest BCUT2D eigenvalue weighted by Crippen LogP contribution is 2.41. The van der Waals surface area contributed by atoms with E-state index < -0.39 is 0 Å². The molecule has 0 atom stereocenters. The van der Waals surface area contributed by atoms with Crippen LogP contribution in [0.5, 0.6) is 0 Å². The summed E-state index contributed by atoms with van der Waals surface area (Å²) >= 11 is 0. The molecule has 0 spiro atoms. The third kappa shape index (κ3) is 2.89. The van der Waals surface area contributed by atoms with Crippen molar-refractivity contribution in [3.63, 3.8) is 0 Å². The molecule has 0 unspecified atom stereocenters. The number of benzene rings is 3. The SMILES string of the molecule is CCc1ccc2c(-c3ccccc3C(=O)OC)c3ccc(=N)cc-3oc2c1. The second kappa shape index (κ2) is 6.72. The summed E-state index contributed by atoms with van der Waals surface area (Å²) in [5, 5.41) is 9.25. The van der Waals surface area contributed by atoms with E-state index in [1.807, 2.05) is 36.4 Å². The lowest BCUT2D eigenvalue weighted by atomic mass is 9.90. The van der Waals surface area contributed by atoms with Crippen molar-refractivity contribution < 1.29 is 13.9 Å². The van der Waals surface area contributed by atoms with Gasteiger partial charge in [-0.2, -0.15) is 0 Å². The molecule has 1 heterocycles. The number of hydrogen-bond acceptors (Lipinski definition) is 4. The Bertz CT molecular complexity index is 1190. The van der Waals surface area contributed by atoms with E-state index in [0.717, 1.165) is 34.1 Å². The summed E-state index contributed by atoms with van der Waals surface area (Å²) in [4.78, 5) is 12.4. The van der Waals surface area contributed by atoms with Crippen molar-refractivity contribution in [1.82, 2.24) is 0 Å². The van der Waals surface area contributed by atoms with Crippen LogP contribution >= 0.6 is 0 Å². The summed E-state index contributed by atoms with van der Waals surface area (Å²) in [6.07, 6.45) is 0.899. The fourth-order valence-corrected chi connectivity index (χ4v) is 3.43. The van der Waals surface area contributed by atoms with Crippen molar-refractivity contribution >= 4 is 16.9 Å². The van der Waals surface area contributed by atoms with Gasteiger partial charge >= 0.3 is 5.97 Å². The van der Waals surface area contributed by atoms with Gasteiger partial charge in [0.15, 0.2) is 0 Å². The van der Waals surface area contributed by atoms with E-state index in [-0.39, 0.29) is 5.97 Å². The Morgan fingerprint density at radius 1 is 1.04 bits per heavy atom. The lowest BCUT2D eigenvalue weighted by molar-refractivity contribution is 0.0601. The predicted molar refractivity (Wildman–Crippen MR) is 105 cm³/mol. The number of esters is 1. The second-order valence-corrected chi connectivity index (χ2v) is 6.41. The van der Waals surface area contributed by atoms with Crippen molar-refractivity contribution in [1.29, 1.82) is 5.41 Å². The zero-order valence-corrected chi connectivity index (χ0v) is 15.2. The number of carbonyl (C=O) groups is 1. The molecule has 1 aliphatic heterocycles. The van der Waals surface area contributed by atoms with Gasteiger partial charge in [0, 0.05) is 22.6 Å². The monoisotopic (exact) mass is 357 g/mol. The molecule has 2 aromatic carbocycles. The topological polar surface area (TPSA) is 63.3 Å². The molecular formula is C23H19NO3. The largest absolute Gasteiger partial charge is 0.465 e. The molecule has 0 fully saturated rings. The molecule has 2 aromatic rings. The maximum Gasteiger partial charge on any atom is 0.338 e. The Morgan fingerprint density at radius 2 is 1.85 bits per heavy atom. The highest BCUT2D eigenvalue weighted by Gasteiger charge is 2.21. The van der Waals surface area contributed by atoms with Crippen LogP contribution in [0.3, 0.4) is 0 Å². The minimum atomic E-state index is -0.380. The standard InChI is InChI=1S/C23H19NO3/c1-3-14-8-10-18-20(12-14)27-21-13-15(24)9-11-19(21)22(18)16-6-4-5-7-17(16)23(25)26-2/h4-13,24H,3H2,1-2H3. The van der Waals surface area contributed by atoms with Crippen LogP contribution in [0.4, 0.5) is 0 Å². The Hall–Kier alpha value is -3.40.